The lowest BCUT2D eigenvalue weighted by atomic mass is 10.0. The van der Waals surface area contributed by atoms with Crippen molar-refractivity contribution in [2.24, 2.45) is 0 Å². The molecule has 3 fully saturated rings. The van der Waals surface area contributed by atoms with E-state index in [0.29, 0.717) is 43.3 Å². The summed E-state index contributed by atoms with van der Waals surface area (Å²) in [5.74, 6) is 0.580. The van der Waals surface area contributed by atoms with Crippen LogP contribution in [0.4, 0.5) is 11.5 Å². The number of benzene rings is 1. The Labute approximate surface area is 286 Å². The Morgan fingerprint density at radius 3 is 2.59 bits per heavy atom. The molecule has 7 rings (SSSR count). The lowest BCUT2D eigenvalue weighted by Crippen LogP contribution is -2.49. The maximum atomic E-state index is 13.2. The molecule has 13 heteroatoms. The summed E-state index contributed by atoms with van der Waals surface area (Å²) >= 11 is 0. The molecule has 2 amide bonds. The first-order valence-electron chi connectivity index (χ1n) is 17.2. The molecule has 6 heterocycles. The standard InChI is InChI=1S/C36H44N10O3/c1-25(21-44-13-10-37-11-14-44)35(47)42-29-3-2-12-45(23-29)22-26-8-9-38-32(19-26)36(48)41-28-6-4-27(5-7-28)31-20-30-33(43-31)39-24-40-34(30)46-15-17-49-18-16-46/h4-9,19-20,24,29,37H,1-3,10-18,21-23H2,(H,41,48)(H,42,47)(H,39,40,43). The normalized spacial score (nSPS) is 19.1. The van der Waals surface area contributed by atoms with E-state index >= 15 is 0 Å². The molecule has 1 atom stereocenters. The van der Waals surface area contributed by atoms with Crippen LogP contribution in [0.1, 0.15) is 28.9 Å². The fraction of sp³-hybridized carbons (Fsp3) is 0.417. The van der Waals surface area contributed by atoms with E-state index < -0.39 is 0 Å². The van der Waals surface area contributed by atoms with Crippen molar-refractivity contribution < 1.29 is 14.3 Å². The van der Waals surface area contributed by atoms with Crippen molar-refractivity contribution in [2.75, 3.05) is 82.3 Å². The minimum Gasteiger partial charge on any atom is -0.378 e. The minimum absolute atomic E-state index is 0.0603. The van der Waals surface area contributed by atoms with Gasteiger partial charge in [-0.1, -0.05) is 18.7 Å². The van der Waals surface area contributed by atoms with Crippen molar-refractivity contribution in [1.82, 2.24) is 40.4 Å². The number of nitrogens with zero attached hydrogens (tertiary/aromatic N) is 6. The number of rotatable bonds is 10. The molecule has 4 N–H and O–H groups in total. The SMILES string of the molecule is C=C(CN1CCNCC1)C(=O)NC1CCCN(Cc2ccnc(C(=O)Nc3ccc(-c4cc5c(N6CCOCC6)ncnc5[nH]4)cc3)c2)C1. The Kier molecular flexibility index (Phi) is 10.2. The summed E-state index contributed by atoms with van der Waals surface area (Å²) in [5.41, 5.74) is 5.34. The number of amides is 2. The molecule has 256 valence electrons. The first kappa shape index (κ1) is 32.8. The van der Waals surface area contributed by atoms with E-state index in [1.54, 1.807) is 12.5 Å². The maximum Gasteiger partial charge on any atom is 0.274 e. The average molecular weight is 665 g/mol. The Balaban J connectivity index is 0.932. The lowest BCUT2D eigenvalue weighted by Gasteiger charge is -2.33. The molecular weight excluding hydrogens is 620 g/mol. The third-order valence-corrected chi connectivity index (χ3v) is 9.42. The van der Waals surface area contributed by atoms with Crippen LogP contribution < -0.4 is 20.9 Å². The number of aromatic nitrogens is 4. The number of morpholine rings is 1. The number of fused-ring (bicyclic) bond motifs is 1. The van der Waals surface area contributed by atoms with Crippen molar-refractivity contribution in [1.29, 1.82) is 0 Å². The third-order valence-electron chi connectivity index (χ3n) is 9.42. The molecule has 3 aromatic heterocycles. The Morgan fingerprint density at radius 2 is 1.78 bits per heavy atom. The van der Waals surface area contributed by atoms with E-state index in [1.807, 2.05) is 36.4 Å². The summed E-state index contributed by atoms with van der Waals surface area (Å²) in [6, 6.07) is 13.6. The summed E-state index contributed by atoms with van der Waals surface area (Å²) in [4.78, 5) is 49.7. The second-order valence-electron chi connectivity index (χ2n) is 13.0. The number of likely N-dealkylation sites (tertiary alicyclic amines) is 1. The smallest absolute Gasteiger partial charge is 0.274 e. The van der Waals surface area contributed by atoms with Gasteiger partial charge in [0.15, 0.2) is 0 Å². The minimum atomic E-state index is -0.266. The van der Waals surface area contributed by atoms with Gasteiger partial charge in [0.25, 0.3) is 5.91 Å². The predicted molar refractivity (Wildman–Crippen MR) is 189 cm³/mol. The van der Waals surface area contributed by atoms with Gasteiger partial charge in [0.05, 0.1) is 18.6 Å². The number of piperidine rings is 1. The summed E-state index contributed by atoms with van der Waals surface area (Å²) in [6.45, 7) is 13.7. The fourth-order valence-electron chi connectivity index (χ4n) is 6.81. The second-order valence-corrected chi connectivity index (χ2v) is 13.0. The molecular formula is C36H44N10O3. The molecule has 3 saturated heterocycles. The largest absolute Gasteiger partial charge is 0.378 e. The number of pyridine rings is 1. The Bertz CT molecular complexity index is 1780. The highest BCUT2D eigenvalue weighted by Crippen LogP contribution is 2.30. The monoisotopic (exact) mass is 664 g/mol. The second kappa shape index (κ2) is 15.2. The molecule has 13 nitrogen and oxygen atoms in total. The van der Waals surface area contributed by atoms with Gasteiger partial charge in [-0.2, -0.15) is 0 Å². The van der Waals surface area contributed by atoms with E-state index in [9.17, 15) is 9.59 Å². The maximum absolute atomic E-state index is 13.2. The van der Waals surface area contributed by atoms with Crippen molar-refractivity contribution in [3.63, 3.8) is 0 Å². The molecule has 1 aromatic carbocycles. The van der Waals surface area contributed by atoms with Crippen molar-refractivity contribution in [3.05, 3.63) is 78.4 Å². The molecule has 0 saturated carbocycles. The number of hydrogen-bond acceptors (Lipinski definition) is 10. The predicted octanol–water partition coefficient (Wildman–Crippen LogP) is 2.65. The van der Waals surface area contributed by atoms with Crippen molar-refractivity contribution in [3.8, 4) is 11.3 Å². The quantitative estimate of drug-likeness (QED) is 0.187. The van der Waals surface area contributed by atoms with Crippen LogP contribution in [0.2, 0.25) is 0 Å². The molecule has 49 heavy (non-hydrogen) atoms. The summed E-state index contributed by atoms with van der Waals surface area (Å²) in [6.07, 6.45) is 5.20. The van der Waals surface area contributed by atoms with Crippen LogP contribution in [-0.4, -0.2) is 120 Å². The summed E-state index contributed by atoms with van der Waals surface area (Å²) in [7, 11) is 0. The Hall–Kier alpha value is -4.69. The lowest BCUT2D eigenvalue weighted by molar-refractivity contribution is -0.118. The zero-order valence-corrected chi connectivity index (χ0v) is 27.8. The molecule has 3 aliphatic rings. The summed E-state index contributed by atoms with van der Waals surface area (Å²) < 4.78 is 5.50. The van der Waals surface area contributed by atoms with Crippen molar-refractivity contribution >= 4 is 34.4 Å². The number of carbonyl (C=O) groups is 2. The molecule has 0 radical (unpaired) electrons. The van der Waals surface area contributed by atoms with Crippen LogP contribution in [0.25, 0.3) is 22.3 Å². The number of piperazine rings is 1. The zero-order chi connectivity index (χ0) is 33.6. The Morgan fingerprint density at radius 1 is 0.959 bits per heavy atom. The molecule has 0 aliphatic carbocycles. The van der Waals surface area contributed by atoms with E-state index in [2.05, 4.69) is 63.2 Å². The van der Waals surface area contributed by atoms with Gasteiger partial charge in [0.1, 0.15) is 23.5 Å². The number of hydrogen-bond donors (Lipinski definition) is 4. The van der Waals surface area contributed by atoms with Gasteiger partial charge in [-0.15, -0.1) is 0 Å². The number of anilines is 2. The van der Waals surface area contributed by atoms with Gasteiger partial charge >= 0.3 is 0 Å². The molecule has 3 aliphatic heterocycles. The van der Waals surface area contributed by atoms with Crippen LogP contribution >= 0.6 is 0 Å². The number of carbonyl (C=O) groups excluding carboxylic acids is 2. The topological polar surface area (TPSA) is 144 Å². The average Bonchev–Trinajstić information content (AvgIpc) is 3.58. The highest BCUT2D eigenvalue weighted by Gasteiger charge is 2.24. The van der Waals surface area contributed by atoms with E-state index in [4.69, 9.17) is 4.74 Å². The highest BCUT2D eigenvalue weighted by molar-refractivity contribution is 6.03. The fourth-order valence-corrected chi connectivity index (χ4v) is 6.81. The molecule has 1 unspecified atom stereocenters. The van der Waals surface area contributed by atoms with Gasteiger partial charge in [0.2, 0.25) is 5.91 Å². The molecule has 0 bridgehead atoms. The van der Waals surface area contributed by atoms with Crippen LogP contribution in [0.5, 0.6) is 0 Å². The van der Waals surface area contributed by atoms with Gasteiger partial charge in [-0.3, -0.25) is 24.4 Å². The first-order valence-corrected chi connectivity index (χ1v) is 17.2. The highest BCUT2D eigenvalue weighted by atomic mass is 16.5. The number of H-pyrrole nitrogens is 1. The van der Waals surface area contributed by atoms with Gasteiger partial charge < -0.3 is 30.6 Å². The zero-order valence-electron chi connectivity index (χ0n) is 27.8. The van der Waals surface area contributed by atoms with Gasteiger partial charge in [0, 0.05) is 88.1 Å². The summed E-state index contributed by atoms with van der Waals surface area (Å²) in [5, 5.41) is 10.5. The van der Waals surface area contributed by atoms with Crippen LogP contribution in [-0.2, 0) is 16.1 Å². The van der Waals surface area contributed by atoms with Gasteiger partial charge in [-0.25, -0.2) is 9.97 Å². The van der Waals surface area contributed by atoms with Crippen LogP contribution in [0, 0.1) is 0 Å². The van der Waals surface area contributed by atoms with Crippen molar-refractivity contribution in [2.45, 2.75) is 25.4 Å². The van der Waals surface area contributed by atoms with E-state index in [1.165, 1.54) is 0 Å². The van der Waals surface area contributed by atoms with Gasteiger partial charge in [-0.05, 0) is 60.8 Å². The molecule has 0 spiro atoms. The number of ether oxygens (including phenoxy) is 1. The van der Waals surface area contributed by atoms with Crippen LogP contribution in [0.15, 0.2) is 67.1 Å². The number of aromatic amines is 1. The van der Waals surface area contributed by atoms with E-state index in [0.717, 1.165) is 98.9 Å². The molecule has 4 aromatic rings. The number of nitrogens with one attached hydrogen (secondary N) is 4. The third kappa shape index (κ3) is 8.14. The van der Waals surface area contributed by atoms with E-state index in [-0.39, 0.29) is 17.9 Å². The van der Waals surface area contributed by atoms with Crippen LogP contribution in [0.3, 0.4) is 0 Å². The first-order chi connectivity index (χ1) is 24.0.